The van der Waals surface area contributed by atoms with Gasteiger partial charge in [-0.2, -0.15) is 9.40 Å². The average Bonchev–Trinajstić information content (AvgIpc) is 3.22. The van der Waals surface area contributed by atoms with Crippen molar-refractivity contribution in [2.45, 2.75) is 17.5 Å². The minimum absolute atomic E-state index is 0.0980. The number of nitrogens with zero attached hydrogens (tertiary/aromatic N) is 3. The molecule has 3 aromatic rings. The molecule has 1 atom stereocenters. The third-order valence-corrected chi connectivity index (χ3v) is 6.48. The molecule has 0 saturated carbocycles. The van der Waals surface area contributed by atoms with Gasteiger partial charge in [-0.1, -0.05) is 24.3 Å². The van der Waals surface area contributed by atoms with Crippen molar-refractivity contribution in [1.29, 1.82) is 0 Å². The molecule has 1 aliphatic heterocycles. The van der Waals surface area contributed by atoms with Crippen molar-refractivity contribution in [3.63, 3.8) is 0 Å². The molecule has 1 aromatic heterocycles. The summed E-state index contributed by atoms with van der Waals surface area (Å²) < 4.78 is 34.5. The van der Waals surface area contributed by atoms with E-state index in [0.29, 0.717) is 12.0 Å². The zero-order valence-corrected chi connectivity index (χ0v) is 15.6. The monoisotopic (exact) mass is 398 g/mol. The van der Waals surface area contributed by atoms with E-state index >= 15 is 0 Å². The van der Waals surface area contributed by atoms with Crippen molar-refractivity contribution < 1.29 is 17.9 Å². The van der Waals surface area contributed by atoms with Crippen molar-refractivity contribution in [3.05, 3.63) is 78.1 Å². The molecular weight excluding hydrogens is 380 g/mol. The lowest BCUT2D eigenvalue weighted by atomic mass is 10.00. The first-order valence-corrected chi connectivity index (χ1v) is 10.1. The van der Waals surface area contributed by atoms with Gasteiger partial charge in [-0.25, -0.2) is 17.9 Å². The second kappa shape index (κ2) is 7.10. The molecule has 2 heterocycles. The van der Waals surface area contributed by atoms with Gasteiger partial charge in [0.15, 0.2) is 6.23 Å². The van der Waals surface area contributed by atoms with E-state index in [0.717, 1.165) is 11.3 Å². The summed E-state index contributed by atoms with van der Waals surface area (Å²) in [5.41, 5.74) is 7.48. The van der Waals surface area contributed by atoms with E-state index in [1.807, 2.05) is 12.1 Å². The maximum absolute atomic E-state index is 13.3. The van der Waals surface area contributed by atoms with E-state index in [2.05, 4.69) is 5.10 Å². The maximum atomic E-state index is 13.3. The number of fused-ring (bicyclic) bond motifs is 1. The van der Waals surface area contributed by atoms with Crippen molar-refractivity contribution >= 4 is 16.1 Å². The number of carbonyl (C=O) groups excluding carboxylic acids is 1. The van der Waals surface area contributed by atoms with Crippen LogP contribution in [0.5, 0.6) is 0 Å². The number of hydrogen-bond acceptors (Lipinski definition) is 5. The van der Waals surface area contributed by atoms with Crippen LogP contribution in [-0.2, 0) is 21.2 Å². The molecule has 1 amide bonds. The first-order valence-electron chi connectivity index (χ1n) is 8.62. The molecule has 0 spiro atoms. The zero-order chi connectivity index (χ0) is 19.7. The van der Waals surface area contributed by atoms with Gasteiger partial charge >= 0.3 is 6.09 Å². The number of carbonyl (C=O) groups is 1. The van der Waals surface area contributed by atoms with Crippen LogP contribution in [0.2, 0.25) is 0 Å². The van der Waals surface area contributed by atoms with Crippen molar-refractivity contribution in [3.8, 4) is 5.69 Å². The molecule has 0 radical (unpaired) electrons. The Morgan fingerprint density at radius 2 is 1.86 bits per heavy atom. The summed E-state index contributed by atoms with van der Waals surface area (Å²) in [5.74, 6) is 0. The topological polar surface area (TPSA) is 108 Å². The second-order valence-corrected chi connectivity index (χ2v) is 8.19. The summed E-state index contributed by atoms with van der Waals surface area (Å²) in [6, 6.07) is 15.4. The highest BCUT2D eigenvalue weighted by Crippen LogP contribution is 2.35. The van der Waals surface area contributed by atoms with Gasteiger partial charge in [-0.15, -0.1) is 0 Å². The predicted molar refractivity (Wildman–Crippen MR) is 101 cm³/mol. The highest BCUT2D eigenvalue weighted by atomic mass is 32.2. The number of rotatable bonds is 4. The van der Waals surface area contributed by atoms with Gasteiger partial charge in [-0.3, -0.25) is 0 Å². The van der Waals surface area contributed by atoms with Crippen LogP contribution in [-0.4, -0.2) is 35.1 Å². The van der Waals surface area contributed by atoms with E-state index in [1.54, 1.807) is 47.4 Å². The van der Waals surface area contributed by atoms with E-state index in [4.69, 9.17) is 10.5 Å². The summed E-state index contributed by atoms with van der Waals surface area (Å²) in [7, 11) is -3.91. The lowest BCUT2D eigenvalue weighted by molar-refractivity contribution is 0.0295. The Labute approximate surface area is 162 Å². The molecule has 1 aliphatic rings. The van der Waals surface area contributed by atoms with Crippen LogP contribution in [0.15, 0.2) is 71.9 Å². The van der Waals surface area contributed by atoms with Gasteiger partial charge in [-0.05, 0) is 42.3 Å². The van der Waals surface area contributed by atoms with Crippen LogP contribution >= 0.6 is 0 Å². The molecule has 8 nitrogen and oxygen atoms in total. The van der Waals surface area contributed by atoms with E-state index in [9.17, 15) is 13.2 Å². The predicted octanol–water partition coefficient (Wildman–Crippen LogP) is 2.21. The number of nitrogens with two attached hydrogens (primary N) is 1. The SMILES string of the molecule is NC(=O)O[C@H]1c2ccccc2CCN1S(=O)(=O)c1ccc(-n2cccn2)cc1. The highest BCUT2D eigenvalue weighted by Gasteiger charge is 2.38. The molecule has 9 heteroatoms. The smallest absolute Gasteiger partial charge is 0.406 e. The van der Waals surface area contributed by atoms with Crippen molar-refractivity contribution in [2.75, 3.05) is 6.54 Å². The van der Waals surface area contributed by atoms with Crippen LogP contribution in [0.3, 0.4) is 0 Å². The number of aromatic nitrogens is 2. The van der Waals surface area contributed by atoms with Crippen LogP contribution in [0.4, 0.5) is 4.79 Å². The molecule has 0 unspecified atom stereocenters. The molecule has 2 N–H and O–H groups in total. The molecule has 28 heavy (non-hydrogen) atoms. The quantitative estimate of drug-likeness (QED) is 0.725. The summed E-state index contributed by atoms with van der Waals surface area (Å²) in [6.07, 6.45) is 1.79. The Morgan fingerprint density at radius 1 is 1.11 bits per heavy atom. The molecule has 0 bridgehead atoms. The lowest BCUT2D eigenvalue weighted by Gasteiger charge is -2.35. The third kappa shape index (κ3) is 3.25. The third-order valence-electron chi connectivity index (χ3n) is 4.62. The number of amides is 1. The summed E-state index contributed by atoms with van der Waals surface area (Å²) in [5, 5.41) is 4.12. The fourth-order valence-electron chi connectivity index (χ4n) is 3.31. The van der Waals surface area contributed by atoms with E-state index in [-0.39, 0.29) is 11.4 Å². The van der Waals surface area contributed by atoms with Crippen molar-refractivity contribution in [2.24, 2.45) is 5.73 Å². The van der Waals surface area contributed by atoms with Gasteiger partial charge in [0.1, 0.15) is 0 Å². The average molecular weight is 398 g/mol. The molecule has 0 aliphatic carbocycles. The van der Waals surface area contributed by atoms with E-state index < -0.39 is 22.3 Å². The van der Waals surface area contributed by atoms with Crippen molar-refractivity contribution in [1.82, 2.24) is 14.1 Å². The number of primary amides is 1. The second-order valence-electron chi connectivity index (χ2n) is 6.30. The molecular formula is C19H18N4O4S. The largest absolute Gasteiger partial charge is 0.425 e. The normalized spacial score (nSPS) is 17.1. The Bertz CT molecular complexity index is 1100. The van der Waals surface area contributed by atoms with Gasteiger partial charge in [0.2, 0.25) is 10.0 Å². The fraction of sp³-hybridized carbons (Fsp3) is 0.158. The highest BCUT2D eigenvalue weighted by molar-refractivity contribution is 7.89. The first-order chi connectivity index (χ1) is 13.5. The standard InChI is InChI=1S/C19H18N4O4S/c20-19(24)27-18-17-5-2-1-4-14(17)10-13-23(18)28(25,26)16-8-6-15(7-9-16)22-12-3-11-21-22/h1-9,11-12,18H,10,13H2,(H2,20,24)/t18-/m0/s1. The molecule has 2 aromatic carbocycles. The number of sulfonamides is 1. The summed E-state index contributed by atoms with van der Waals surface area (Å²) in [4.78, 5) is 11.5. The van der Waals surface area contributed by atoms with Gasteiger partial charge in [0.05, 0.1) is 10.6 Å². The molecule has 0 saturated heterocycles. The first kappa shape index (κ1) is 18.2. The van der Waals surface area contributed by atoms with Gasteiger partial charge in [0.25, 0.3) is 0 Å². The summed E-state index contributed by atoms with van der Waals surface area (Å²) >= 11 is 0. The Morgan fingerprint density at radius 3 is 2.54 bits per heavy atom. The maximum Gasteiger partial charge on any atom is 0.406 e. The van der Waals surface area contributed by atoms with Crippen LogP contribution in [0, 0.1) is 0 Å². The molecule has 4 rings (SSSR count). The number of ether oxygens (including phenoxy) is 1. The summed E-state index contributed by atoms with van der Waals surface area (Å²) in [6.45, 7) is 0.179. The molecule has 144 valence electrons. The fourth-order valence-corrected chi connectivity index (χ4v) is 4.80. The Kier molecular flexibility index (Phi) is 4.62. The van der Waals surface area contributed by atoms with Crippen LogP contribution < -0.4 is 5.73 Å². The van der Waals surface area contributed by atoms with Crippen LogP contribution in [0.25, 0.3) is 5.69 Å². The Hall–Kier alpha value is -3.17. The Balaban J connectivity index is 1.70. The van der Waals surface area contributed by atoms with Gasteiger partial charge < -0.3 is 10.5 Å². The van der Waals surface area contributed by atoms with Crippen LogP contribution in [0.1, 0.15) is 17.4 Å². The lowest BCUT2D eigenvalue weighted by Crippen LogP contribution is -2.42. The number of benzene rings is 2. The zero-order valence-electron chi connectivity index (χ0n) is 14.8. The minimum Gasteiger partial charge on any atom is -0.425 e. The van der Waals surface area contributed by atoms with E-state index in [1.165, 1.54) is 16.4 Å². The minimum atomic E-state index is -3.91. The number of hydrogen-bond donors (Lipinski definition) is 1. The van der Waals surface area contributed by atoms with Gasteiger partial charge in [0, 0.05) is 24.5 Å². The molecule has 0 fully saturated rings.